The van der Waals surface area contributed by atoms with Gasteiger partial charge >= 0.3 is 0 Å². The van der Waals surface area contributed by atoms with Crippen LogP contribution in [0.4, 0.5) is 0 Å². The summed E-state index contributed by atoms with van der Waals surface area (Å²) >= 11 is 0. The molecule has 0 saturated carbocycles. The number of ether oxygens (including phenoxy) is 1. The van der Waals surface area contributed by atoms with E-state index >= 15 is 0 Å². The Morgan fingerprint density at radius 2 is 2.00 bits per heavy atom. The van der Waals surface area contributed by atoms with Crippen LogP contribution in [0, 0.1) is 0 Å². The van der Waals surface area contributed by atoms with Crippen LogP contribution in [0.15, 0.2) is 30.3 Å². The van der Waals surface area contributed by atoms with E-state index in [1.807, 2.05) is 42.2 Å². The number of nitrogens with zero attached hydrogens (tertiary/aromatic N) is 4. The first-order valence-electron chi connectivity index (χ1n) is 9.86. The third-order valence-corrected chi connectivity index (χ3v) is 5.48. The lowest BCUT2D eigenvalue weighted by Crippen LogP contribution is -2.42. The Labute approximate surface area is 159 Å². The quantitative estimate of drug-likeness (QED) is 0.871. The molecule has 1 amide bonds. The number of nitrogens with one attached hydrogen (secondary N) is 1. The molecule has 7 heteroatoms. The predicted molar refractivity (Wildman–Crippen MR) is 101 cm³/mol. The van der Waals surface area contributed by atoms with E-state index in [1.54, 1.807) is 0 Å². The molecular weight excluding hydrogens is 342 g/mol. The fraction of sp³-hybridized carbons (Fsp3) is 0.550. The second kappa shape index (κ2) is 8.19. The molecule has 27 heavy (non-hydrogen) atoms. The minimum atomic E-state index is -0.514. The lowest BCUT2D eigenvalue weighted by atomic mass is 9.95. The van der Waals surface area contributed by atoms with Crippen LogP contribution in [0.1, 0.15) is 49.0 Å². The fourth-order valence-corrected chi connectivity index (χ4v) is 4.05. The molecule has 1 atom stereocenters. The van der Waals surface area contributed by atoms with Crippen molar-refractivity contribution in [2.24, 2.45) is 0 Å². The first-order chi connectivity index (χ1) is 13.3. The van der Waals surface area contributed by atoms with Gasteiger partial charge in [0.2, 0.25) is 0 Å². The Morgan fingerprint density at radius 3 is 2.74 bits per heavy atom. The molecule has 0 spiro atoms. The molecule has 144 valence electrons. The number of benzene rings is 1. The van der Waals surface area contributed by atoms with E-state index in [2.05, 4.69) is 20.1 Å². The highest BCUT2D eigenvalue weighted by molar-refractivity contribution is 5.82. The van der Waals surface area contributed by atoms with E-state index < -0.39 is 6.10 Å². The maximum atomic E-state index is 13.1. The number of fused-ring (bicyclic) bond motifs is 1. The zero-order chi connectivity index (χ0) is 18.6. The highest BCUT2D eigenvalue weighted by Crippen LogP contribution is 2.30. The van der Waals surface area contributed by atoms with E-state index in [1.165, 1.54) is 0 Å². The molecule has 1 aromatic carbocycles. The van der Waals surface area contributed by atoms with Gasteiger partial charge in [0.05, 0.1) is 6.54 Å². The van der Waals surface area contributed by atoms with Crippen molar-refractivity contribution in [2.45, 2.75) is 44.9 Å². The molecule has 1 aromatic heterocycles. The Kier molecular flexibility index (Phi) is 5.50. The summed E-state index contributed by atoms with van der Waals surface area (Å²) in [7, 11) is 0. The van der Waals surface area contributed by atoms with Gasteiger partial charge < -0.3 is 19.5 Å². The number of piperidine rings is 1. The Bertz CT molecular complexity index is 768. The molecular formula is C20H27N5O2. The third kappa shape index (κ3) is 3.75. The van der Waals surface area contributed by atoms with Gasteiger partial charge in [-0.3, -0.25) is 4.79 Å². The molecule has 7 nitrogen and oxygen atoms in total. The average molecular weight is 369 g/mol. The molecule has 3 heterocycles. The summed E-state index contributed by atoms with van der Waals surface area (Å²) < 4.78 is 8.05. The molecule has 1 unspecified atom stereocenters. The summed E-state index contributed by atoms with van der Waals surface area (Å²) in [5, 5.41) is 12.1. The SMILES string of the molecule is CCOC(C(=O)N1CCC(c2nnc3n2CCNC3)CC1)c1ccccc1. The molecule has 1 N–H and O–H groups in total. The second-order valence-corrected chi connectivity index (χ2v) is 7.15. The highest BCUT2D eigenvalue weighted by atomic mass is 16.5. The lowest BCUT2D eigenvalue weighted by Gasteiger charge is -2.34. The molecule has 1 saturated heterocycles. The summed E-state index contributed by atoms with van der Waals surface area (Å²) in [6.07, 6.45) is 1.33. The Balaban J connectivity index is 1.42. The standard InChI is InChI=1S/C20H27N5O2/c1-2-27-18(15-6-4-3-5-7-15)20(26)24-11-8-16(9-12-24)19-23-22-17-14-21-10-13-25(17)19/h3-7,16,18,21H,2,8-14H2,1H3. The highest BCUT2D eigenvalue weighted by Gasteiger charge is 2.32. The summed E-state index contributed by atoms with van der Waals surface area (Å²) in [6, 6.07) is 9.77. The van der Waals surface area contributed by atoms with E-state index in [4.69, 9.17) is 4.74 Å². The number of carbonyl (C=O) groups excluding carboxylic acids is 1. The summed E-state index contributed by atoms with van der Waals surface area (Å²) in [4.78, 5) is 15.0. The van der Waals surface area contributed by atoms with Gasteiger partial charge in [-0.15, -0.1) is 10.2 Å². The topological polar surface area (TPSA) is 72.3 Å². The monoisotopic (exact) mass is 369 g/mol. The van der Waals surface area contributed by atoms with Gasteiger partial charge in [-0.05, 0) is 25.3 Å². The molecule has 4 rings (SSSR count). The minimum Gasteiger partial charge on any atom is -0.364 e. The van der Waals surface area contributed by atoms with Crippen LogP contribution in [-0.2, 0) is 22.6 Å². The molecule has 0 radical (unpaired) electrons. The predicted octanol–water partition coefficient (Wildman–Crippen LogP) is 1.87. The van der Waals surface area contributed by atoms with Crippen molar-refractivity contribution in [1.82, 2.24) is 25.0 Å². The van der Waals surface area contributed by atoms with Gasteiger partial charge in [-0.25, -0.2) is 0 Å². The summed E-state index contributed by atoms with van der Waals surface area (Å²) in [5.74, 6) is 2.54. The molecule has 2 aliphatic rings. The Hall–Kier alpha value is -2.25. The molecule has 0 bridgehead atoms. The van der Waals surface area contributed by atoms with Crippen molar-refractivity contribution in [3.05, 3.63) is 47.5 Å². The lowest BCUT2D eigenvalue weighted by molar-refractivity contribution is -0.145. The van der Waals surface area contributed by atoms with Gasteiger partial charge in [0.25, 0.3) is 5.91 Å². The van der Waals surface area contributed by atoms with Crippen molar-refractivity contribution in [3.63, 3.8) is 0 Å². The van der Waals surface area contributed by atoms with E-state index in [0.717, 1.165) is 62.8 Å². The van der Waals surface area contributed by atoms with Crippen molar-refractivity contribution in [2.75, 3.05) is 26.2 Å². The fourth-order valence-electron chi connectivity index (χ4n) is 4.05. The van der Waals surface area contributed by atoms with Crippen LogP contribution in [0.2, 0.25) is 0 Å². The van der Waals surface area contributed by atoms with Crippen molar-refractivity contribution in [3.8, 4) is 0 Å². The van der Waals surface area contributed by atoms with Gasteiger partial charge in [-0.1, -0.05) is 30.3 Å². The van der Waals surface area contributed by atoms with Crippen LogP contribution in [0.25, 0.3) is 0 Å². The number of rotatable bonds is 5. The van der Waals surface area contributed by atoms with Gasteiger partial charge in [0.1, 0.15) is 11.6 Å². The van der Waals surface area contributed by atoms with E-state index in [9.17, 15) is 4.79 Å². The maximum absolute atomic E-state index is 13.1. The molecule has 1 fully saturated rings. The van der Waals surface area contributed by atoms with Crippen molar-refractivity contribution in [1.29, 1.82) is 0 Å². The largest absolute Gasteiger partial charge is 0.364 e. The van der Waals surface area contributed by atoms with Crippen molar-refractivity contribution < 1.29 is 9.53 Å². The zero-order valence-corrected chi connectivity index (χ0v) is 15.8. The van der Waals surface area contributed by atoms with Gasteiger partial charge in [0.15, 0.2) is 6.10 Å². The van der Waals surface area contributed by atoms with Crippen LogP contribution in [0.5, 0.6) is 0 Å². The first kappa shape index (κ1) is 18.1. The van der Waals surface area contributed by atoms with Crippen molar-refractivity contribution >= 4 is 5.91 Å². The number of hydrogen-bond acceptors (Lipinski definition) is 5. The molecule has 0 aliphatic carbocycles. The van der Waals surface area contributed by atoms with E-state index in [-0.39, 0.29) is 5.91 Å². The smallest absolute Gasteiger partial charge is 0.256 e. The average Bonchev–Trinajstić information content (AvgIpc) is 3.16. The van der Waals surface area contributed by atoms with Gasteiger partial charge in [-0.2, -0.15) is 0 Å². The number of hydrogen-bond donors (Lipinski definition) is 1. The van der Waals surface area contributed by atoms with Crippen LogP contribution in [-0.4, -0.2) is 51.8 Å². The number of aromatic nitrogens is 3. The number of amides is 1. The van der Waals surface area contributed by atoms with Crippen LogP contribution >= 0.6 is 0 Å². The molecule has 2 aliphatic heterocycles. The maximum Gasteiger partial charge on any atom is 0.256 e. The number of likely N-dealkylation sites (tertiary alicyclic amines) is 1. The summed E-state index contributed by atoms with van der Waals surface area (Å²) in [6.45, 7) is 6.60. The van der Waals surface area contributed by atoms with Crippen LogP contribution < -0.4 is 5.32 Å². The minimum absolute atomic E-state index is 0.0639. The Morgan fingerprint density at radius 1 is 1.22 bits per heavy atom. The first-order valence-corrected chi connectivity index (χ1v) is 9.86. The van der Waals surface area contributed by atoms with E-state index in [0.29, 0.717) is 12.5 Å². The van der Waals surface area contributed by atoms with Crippen LogP contribution in [0.3, 0.4) is 0 Å². The second-order valence-electron chi connectivity index (χ2n) is 7.15. The third-order valence-electron chi connectivity index (χ3n) is 5.48. The zero-order valence-electron chi connectivity index (χ0n) is 15.8. The number of carbonyl (C=O) groups is 1. The van der Waals surface area contributed by atoms with Gasteiger partial charge in [0, 0.05) is 38.7 Å². The normalized spacial score (nSPS) is 18.9. The summed E-state index contributed by atoms with van der Waals surface area (Å²) in [5.41, 5.74) is 0.922. The molecule has 2 aromatic rings.